The summed E-state index contributed by atoms with van der Waals surface area (Å²) in [6.45, 7) is 8.24. The first kappa shape index (κ1) is 20.3. The second-order valence-electron chi connectivity index (χ2n) is 7.83. The molecule has 2 aliphatic rings. The average molecular weight is 444 g/mol. The molecule has 0 unspecified atom stereocenters. The Labute approximate surface area is 189 Å². The minimum absolute atomic E-state index is 0.00467. The molecule has 0 bridgehead atoms. The number of amides is 1. The number of carbonyl (C=O) groups is 1. The van der Waals surface area contributed by atoms with Crippen LogP contribution >= 0.6 is 11.8 Å². The maximum absolute atomic E-state index is 12.8. The Morgan fingerprint density at radius 2 is 1.91 bits per heavy atom. The largest absolute Gasteiger partial charge is 0.462 e. The van der Waals surface area contributed by atoms with Crippen molar-refractivity contribution in [2.24, 2.45) is 10.1 Å². The van der Waals surface area contributed by atoms with Gasteiger partial charge in [0.1, 0.15) is 0 Å². The standard InChI is InChI=1S/C24H21N5O2S/c1-13-7-8-18(10-14(13)2)28-15(3)11-17(16(28)4)12-19-21(25)29-24(26-22(19)30)32-23(27-29)20-6-5-9-31-20/h5-12,25H,1-4H3. The van der Waals surface area contributed by atoms with Gasteiger partial charge in [0, 0.05) is 17.1 Å². The highest BCUT2D eigenvalue weighted by Crippen LogP contribution is 2.32. The van der Waals surface area contributed by atoms with E-state index in [0.717, 1.165) is 22.6 Å². The van der Waals surface area contributed by atoms with Crippen molar-refractivity contribution in [3.63, 3.8) is 0 Å². The van der Waals surface area contributed by atoms with Crippen LogP contribution in [0, 0.1) is 33.1 Å². The number of rotatable bonds is 3. The van der Waals surface area contributed by atoms with Crippen molar-refractivity contribution in [3.8, 4) is 5.69 Å². The van der Waals surface area contributed by atoms with E-state index in [-0.39, 0.29) is 11.4 Å². The van der Waals surface area contributed by atoms with Gasteiger partial charge in [-0.15, -0.1) is 0 Å². The first-order chi connectivity index (χ1) is 15.3. The second kappa shape index (κ2) is 7.49. The monoisotopic (exact) mass is 443 g/mol. The Hall–Kier alpha value is -3.65. The van der Waals surface area contributed by atoms with Crippen molar-refractivity contribution in [3.05, 3.63) is 82.1 Å². The highest BCUT2D eigenvalue weighted by Gasteiger charge is 2.36. The Bertz CT molecular complexity index is 1380. The van der Waals surface area contributed by atoms with Crippen LogP contribution in [0.4, 0.5) is 0 Å². The molecule has 0 fully saturated rings. The van der Waals surface area contributed by atoms with Gasteiger partial charge in [-0.25, -0.2) is 0 Å². The van der Waals surface area contributed by atoms with Gasteiger partial charge in [0.15, 0.2) is 16.6 Å². The third-order valence-electron chi connectivity index (χ3n) is 5.71. The summed E-state index contributed by atoms with van der Waals surface area (Å²) in [5, 5.41) is 15.4. The van der Waals surface area contributed by atoms with Crippen LogP contribution in [-0.2, 0) is 4.79 Å². The first-order valence-corrected chi connectivity index (χ1v) is 11.0. The molecular weight excluding hydrogens is 422 g/mol. The van der Waals surface area contributed by atoms with Gasteiger partial charge in [-0.3, -0.25) is 10.2 Å². The predicted octanol–water partition coefficient (Wildman–Crippen LogP) is 4.97. The predicted molar refractivity (Wildman–Crippen MR) is 128 cm³/mol. The van der Waals surface area contributed by atoms with Gasteiger partial charge in [-0.05, 0) is 92.6 Å². The van der Waals surface area contributed by atoms with E-state index < -0.39 is 5.91 Å². The molecule has 0 saturated heterocycles. The number of thioether (sulfide) groups is 1. The fourth-order valence-corrected chi connectivity index (χ4v) is 4.70. The molecule has 2 aliphatic heterocycles. The molecule has 1 N–H and O–H groups in total. The quantitative estimate of drug-likeness (QED) is 0.579. The lowest BCUT2D eigenvalue weighted by molar-refractivity contribution is -0.114. The molecule has 0 saturated carbocycles. The molecule has 0 spiro atoms. The van der Waals surface area contributed by atoms with Crippen molar-refractivity contribution >= 4 is 39.8 Å². The highest BCUT2D eigenvalue weighted by atomic mass is 32.2. The van der Waals surface area contributed by atoms with Crippen LogP contribution in [0.5, 0.6) is 0 Å². The fourth-order valence-electron chi connectivity index (χ4n) is 3.84. The number of hydrogen-bond donors (Lipinski definition) is 1. The molecule has 2 aromatic heterocycles. The summed E-state index contributed by atoms with van der Waals surface area (Å²) in [7, 11) is 0. The number of carbonyl (C=O) groups excluding carboxylic acids is 1. The molecule has 160 valence electrons. The van der Waals surface area contributed by atoms with Gasteiger partial charge in [0.25, 0.3) is 5.91 Å². The van der Waals surface area contributed by atoms with E-state index in [1.165, 1.54) is 27.9 Å². The number of aromatic nitrogens is 1. The molecule has 0 aliphatic carbocycles. The minimum atomic E-state index is -0.444. The average Bonchev–Trinajstić information content (AvgIpc) is 3.47. The van der Waals surface area contributed by atoms with Gasteiger partial charge in [-0.1, -0.05) is 6.07 Å². The van der Waals surface area contributed by atoms with Crippen molar-refractivity contribution in [2.75, 3.05) is 0 Å². The number of nitrogens with one attached hydrogen (secondary N) is 1. The highest BCUT2D eigenvalue weighted by molar-refractivity contribution is 8.27. The van der Waals surface area contributed by atoms with Crippen LogP contribution in [-0.4, -0.2) is 31.5 Å². The van der Waals surface area contributed by atoms with E-state index in [4.69, 9.17) is 9.83 Å². The number of fused-ring (bicyclic) bond motifs is 1. The fraction of sp³-hybridized carbons (Fsp3) is 0.167. The number of amidine groups is 2. The number of hydrogen-bond acceptors (Lipinski definition) is 5. The lowest BCUT2D eigenvalue weighted by Crippen LogP contribution is -2.35. The lowest BCUT2D eigenvalue weighted by Gasteiger charge is -2.20. The number of hydrazone groups is 1. The summed E-state index contributed by atoms with van der Waals surface area (Å²) >= 11 is 1.22. The summed E-state index contributed by atoms with van der Waals surface area (Å²) in [5.74, 6) is 0.139. The minimum Gasteiger partial charge on any atom is -0.462 e. The molecule has 1 amide bonds. The van der Waals surface area contributed by atoms with E-state index in [2.05, 4.69) is 46.7 Å². The van der Waals surface area contributed by atoms with Crippen LogP contribution in [0.3, 0.4) is 0 Å². The maximum atomic E-state index is 12.8. The molecular formula is C24H21N5O2S. The molecule has 0 atom stereocenters. The van der Waals surface area contributed by atoms with Gasteiger partial charge >= 0.3 is 0 Å². The van der Waals surface area contributed by atoms with Crippen molar-refractivity contribution in [1.29, 1.82) is 5.41 Å². The summed E-state index contributed by atoms with van der Waals surface area (Å²) in [6.07, 6.45) is 3.29. The van der Waals surface area contributed by atoms with E-state index in [1.54, 1.807) is 24.5 Å². The number of aliphatic imine (C=N–C) groups is 1. The van der Waals surface area contributed by atoms with Crippen molar-refractivity contribution in [2.45, 2.75) is 27.7 Å². The molecule has 1 aromatic carbocycles. The molecule has 5 rings (SSSR count). The second-order valence-corrected chi connectivity index (χ2v) is 8.79. The van der Waals surface area contributed by atoms with Crippen LogP contribution in [0.25, 0.3) is 11.8 Å². The molecule has 7 nitrogen and oxygen atoms in total. The number of benzene rings is 1. The first-order valence-electron chi connectivity index (χ1n) is 10.1. The van der Waals surface area contributed by atoms with Gasteiger partial charge in [-0.2, -0.15) is 15.1 Å². The molecule has 0 radical (unpaired) electrons. The molecule has 8 heteroatoms. The molecule has 4 heterocycles. The molecule has 32 heavy (non-hydrogen) atoms. The summed E-state index contributed by atoms with van der Waals surface area (Å²) in [6, 6.07) is 11.9. The topological polar surface area (TPSA) is 86.9 Å². The van der Waals surface area contributed by atoms with Crippen LogP contribution in [0.15, 0.2) is 62.7 Å². The normalized spacial score (nSPS) is 17.1. The molecule has 3 aromatic rings. The lowest BCUT2D eigenvalue weighted by atomic mass is 10.1. The van der Waals surface area contributed by atoms with E-state index in [1.807, 2.05) is 19.9 Å². The van der Waals surface area contributed by atoms with Crippen molar-refractivity contribution in [1.82, 2.24) is 9.58 Å². The van der Waals surface area contributed by atoms with Crippen LogP contribution in [0.1, 0.15) is 33.8 Å². The van der Waals surface area contributed by atoms with Crippen molar-refractivity contribution < 1.29 is 9.21 Å². The van der Waals surface area contributed by atoms with Gasteiger partial charge < -0.3 is 8.98 Å². The van der Waals surface area contributed by atoms with Crippen LogP contribution in [0.2, 0.25) is 0 Å². The van der Waals surface area contributed by atoms with Crippen LogP contribution < -0.4 is 0 Å². The Morgan fingerprint density at radius 3 is 2.62 bits per heavy atom. The Kier molecular flexibility index (Phi) is 4.74. The zero-order valence-electron chi connectivity index (χ0n) is 18.1. The maximum Gasteiger partial charge on any atom is 0.283 e. The van der Waals surface area contributed by atoms with Gasteiger partial charge in [0.2, 0.25) is 5.17 Å². The van der Waals surface area contributed by atoms with E-state index >= 15 is 0 Å². The smallest absolute Gasteiger partial charge is 0.283 e. The zero-order valence-corrected chi connectivity index (χ0v) is 18.9. The number of aryl methyl sites for hydroxylation is 3. The SMILES string of the molecule is Cc1ccc(-n2c(C)cc(C=C3C(=N)N4N=C(c5ccco5)SC4=NC3=O)c2C)cc1C. The number of nitrogens with zero attached hydrogens (tertiary/aromatic N) is 4. The van der Waals surface area contributed by atoms with E-state index in [9.17, 15) is 4.79 Å². The summed E-state index contributed by atoms with van der Waals surface area (Å²) in [4.78, 5) is 16.9. The third kappa shape index (κ3) is 3.23. The zero-order chi connectivity index (χ0) is 22.6. The summed E-state index contributed by atoms with van der Waals surface area (Å²) in [5.41, 5.74) is 6.65. The van der Waals surface area contributed by atoms with E-state index in [0.29, 0.717) is 16.0 Å². The third-order valence-corrected chi connectivity index (χ3v) is 6.63. The number of furan rings is 1. The van der Waals surface area contributed by atoms with Gasteiger partial charge in [0.05, 0.1) is 11.8 Å². The Balaban J connectivity index is 1.53. The summed E-state index contributed by atoms with van der Waals surface area (Å²) < 4.78 is 7.55. The Morgan fingerprint density at radius 1 is 1.09 bits per heavy atom.